The van der Waals surface area contributed by atoms with E-state index in [1.54, 1.807) is 13.3 Å². The summed E-state index contributed by atoms with van der Waals surface area (Å²) in [4.78, 5) is 10.9. The van der Waals surface area contributed by atoms with Crippen LogP contribution in [0.2, 0.25) is 6.72 Å². The number of carbonyl (C=O) groups is 1. The van der Waals surface area contributed by atoms with Crippen LogP contribution in [0.5, 0.6) is 5.75 Å². The van der Waals surface area contributed by atoms with Crippen molar-refractivity contribution in [2.45, 2.75) is 87.3 Å². The molecule has 1 aromatic heterocycles. The van der Waals surface area contributed by atoms with Crippen molar-refractivity contribution < 1.29 is 46.3 Å². The number of methoxy groups -OCH3 is 1. The Morgan fingerprint density at radius 3 is 1.92 bits per heavy atom. The topological polar surface area (TPSA) is 72.3 Å². The SMILES string of the molecule is CC(C)(F)C(=O)/C=C(\O)C(C)(C)F.COc1cc(-c2nncc3[c]([Sb]([F])([C](C)(C)C)[C](C)(C)C)c4ccccc4cc23)[c-]c2ccccc12.[Ir]. The molecule has 0 bridgehead atoms. The number of ketones is 1. The molecule has 1 N–H and O–H groups in total. The summed E-state index contributed by atoms with van der Waals surface area (Å²) in [6, 6.07) is 23.8. The Kier molecular flexibility index (Phi) is 12.4. The van der Waals surface area contributed by atoms with Gasteiger partial charge in [-0.05, 0) is 27.7 Å². The van der Waals surface area contributed by atoms with Gasteiger partial charge in [0.1, 0.15) is 5.76 Å². The molecule has 0 spiro atoms. The van der Waals surface area contributed by atoms with E-state index in [9.17, 15) is 13.6 Å². The van der Waals surface area contributed by atoms with Crippen LogP contribution in [0.1, 0.15) is 69.2 Å². The molecule has 50 heavy (non-hydrogen) atoms. The molecule has 0 aliphatic rings. The van der Waals surface area contributed by atoms with E-state index in [0.717, 1.165) is 74.8 Å². The molecule has 0 saturated carbocycles. The summed E-state index contributed by atoms with van der Waals surface area (Å²) in [6.07, 6.45) is 2.35. The van der Waals surface area contributed by atoms with Gasteiger partial charge in [-0.3, -0.25) is 4.79 Å². The second-order valence-electron chi connectivity index (χ2n) is 15.2. The molecule has 0 aliphatic heterocycles. The number of aliphatic hydroxyl groups is 1. The Morgan fingerprint density at radius 1 is 0.820 bits per heavy atom. The molecular weight excluding hydrogens is 927 g/mol. The molecule has 270 valence electrons. The van der Waals surface area contributed by atoms with Gasteiger partial charge in [-0.2, -0.15) is 0 Å². The van der Waals surface area contributed by atoms with E-state index in [2.05, 4.69) is 76.0 Å². The summed E-state index contributed by atoms with van der Waals surface area (Å²) in [5.41, 5.74) is -2.62. The largest absolute Gasteiger partial charge is 0 e. The number of aromatic nitrogens is 2. The smallest absolute Gasteiger partial charge is 0 e. The number of halogens is 3. The Morgan fingerprint density at radius 2 is 1.38 bits per heavy atom. The van der Waals surface area contributed by atoms with E-state index in [1.807, 2.05) is 42.5 Å². The summed E-state index contributed by atoms with van der Waals surface area (Å²) in [5, 5.41) is 23.7. The van der Waals surface area contributed by atoms with Gasteiger partial charge in [-0.25, -0.2) is 8.78 Å². The van der Waals surface area contributed by atoms with Crippen LogP contribution in [0.4, 0.5) is 11.6 Å². The number of alkyl halides is 2. The molecule has 2 radical (unpaired) electrons. The molecule has 5 aromatic rings. The summed E-state index contributed by atoms with van der Waals surface area (Å²) >= 11 is -4.52. The number of fused-ring (bicyclic) bond motifs is 3. The summed E-state index contributed by atoms with van der Waals surface area (Å²) < 4.78 is 49.5. The third-order valence-corrected chi connectivity index (χ3v) is 22.2. The van der Waals surface area contributed by atoms with Crippen molar-refractivity contribution in [2.75, 3.05) is 7.11 Å². The van der Waals surface area contributed by atoms with Crippen LogP contribution in [0, 0.1) is 6.07 Å². The van der Waals surface area contributed by atoms with Crippen LogP contribution in [0.3, 0.4) is 0 Å². The number of rotatable bonds is 6. The summed E-state index contributed by atoms with van der Waals surface area (Å²) in [6.45, 7) is 16.6. The van der Waals surface area contributed by atoms with E-state index in [1.165, 1.54) is 0 Å². The number of allylic oxidation sites excluding steroid dienone is 2. The first-order valence-electron chi connectivity index (χ1n) is 16.1. The Bertz CT molecular complexity index is 2040. The second-order valence-corrected chi connectivity index (χ2v) is 27.5. The number of hydrogen-bond acceptors (Lipinski definition) is 5. The fraction of sp³-hybridized carbons (Fsp3) is 0.375. The van der Waals surface area contributed by atoms with E-state index < -0.39 is 49.0 Å². The zero-order chi connectivity index (χ0) is 36.7. The predicted octanol–water partition coefficient (Wildman–Crippen LogP) is 10.6. The van der Waals surface area contributed by atoms with Gasteiger partial charge in [0.15, 0.2) is 17.1 Å². The van der Waals surface area contributed by atoms with Gasteiger partial charge >= 0.3 is 218 Å². The van der Waals surface area contributed by atoms with Crippen molar-refractivity contribution in [1.82, 2.24) is 10.2 Å². The third-order valence-electron chi connectivity index (χ3n) is 8.49. The van der Waals surface area contributed by atoms with E-state index in [4.69, 9.17) is 9.84 Å². The molecule has 0 amide bonds. The Hall–Kier alpha value is -2.99. The van der Waals surface area contributed by atoms with E-state index in [0.29, 0.717) is 11.8 Å². The first kappa shape index (κ1) is 41.4. The minimum Gasteiger partial charge on any atom is 0 e. The Balaban J connectivity index is 0.000000414. The monoisotopic (exact) mass is 973 g/mol. The van der Waals surface area contributed by atoms with Crippen LogP contribution in [-0.2, 0) is 24.9 Å². The third kappa shape index (κ3) is 8.21. The first-order valence-corrected chi connectivity index (χ1v) is 20.9. The van der Waals surface area contributed by atoms with Crippen molar-refractivity contribution in [3.63, 3.8) is 0 Å². The van der Waals surface area contributed by atoms with Crippen LogP contribution < -0.4 is 8.25 Å². The van der Waals surface area contributed by atoms with Crippen molar-refractivity contribution in [2.24, 2.45) is 0 Å². The molecule has 1 heterocycles. The average Bonchev–Trinajstić information content (AvgIpc) is 3.00. The molecule has 0 unspecified atom stereocenters. The molecule has 10 heteroatoms. The van der Waals surface area contributed by atoms with Crippen LogP contribution in [0.25, 0.3) is 43.6 Å². The van der Waals surface area contributed by atoms with Crippen LogP contribution in [-0.4, -0.2) is 58.9 Å². The number of nitrogens with zero attached hydrogens (tertiary/aromatic N) is 2. The molecule has 5 rings (SSSR count). The molecule has 0 aliphatic carbocycles. The minimum absolute atomic E-state index is 0. The average molecular weight is 974 g/mol. The van der Waals surface area contributed by atoms with Gasteiger partial charge in [0.25, 0.3) is 0 Å². The van der Waals surface area contributed by atoms with Crippen molar-refractivity contribution in [3.8, 4) is 17.0 Å². The van der Waals surface area contributed by atoms with Crippen LogP contribution in [0.15, 0.2) is 78.7 Å². The first-order chi connectivity index (χ1) is 22.5. The fourth-order valence-corrected chi connectivity index (χ4v) is 18.6. The quantitative estimate of drug-likeness (QED) is 0.0604. The molecule has 4 aromatic carbocycles. The van der Waals surface area contributed by atoms with Gasteiger partial charge in [0, 0.05) is 26.2 Å². The predicted molar refractivity (Wildman–Crippen MR) is 197 cm³/mol. The standard InChI is InChI=1S/C23H14N2O.C9H14F2O2.2C4H9.FH.Ir.Sb/c1-26-22-13-18(11-17-8-4-5-9-20(17)22)23-21-12-16-7-3-2-6-15(16)10-19(21)14-24-25-23;1-8(2,10)6(12)5-7(13)9(3,4)11;2*1-4(2)3;;;/h2-9,12-14H,1H3;5,12H,1-4H3;2*1-3H3;1H;;/q-1;;;;;;+1/p-1/b;6-5-;;;;;. The van der Waals surface area contributed by atoms with Gasteiger partial charge in [0.2, 0.25) is 0 Å². The number of aliphatic hydroxyl groups excluding tert-OH is 1. The molecule has 0 fully saturated rings. The number of carbonyl (C=O) groups excluding carboxylic acids is 1. The van der Waals surface area contributed by atoms with Crippen LogP contribution >= 0.6 is 0 Å². The van der Waals surface area contributed by atoms with Gasteiger partial charge in [-0.1, -0.05) is 0 Å². The Labute approximate surface area is 311 Å². The number of ether oxygens (including phenoxy) is 1. The maximum absolute atomic E-state index is 18.0. The second kappa shape index (κ2) is 14.9. The molecule has 0 atom stereocenters. The van der Waals surface area contributed by atoms with Gasteiger partial charge < -0.3 is 5.11 Å². The van der Waals surface area contributed by atoms with Crippen molar-refractivity contribution >= 4 is 61.0 Å². The van der Waals surface area contributed by atoms with E-state index >= 15 is 2.81 Å². The zero-order valence-corrected chi connectivity index (χ0v) is 35.4. The maximum Gasteiger partial charge on any atom is 0 e. The van der Waals surface area contributed by atoms with Crippen molar-refractivity contribution in [3.05, 3.63) is 84.8 Å². The zero-order valence-electron chi connectivity index (χ0n) is 30.5. The minimum atomic E-state index is -4.52. The van der Waals surface area contributed by atoms with Crippen molar-refractivity contribution in [1.29, 1.82) is 0 Å². The summed E-state index contributed by atoms with van der Waals surface area (Å²) in [7, 11) is 1.67. The molecule has 5 nitrogen and oxygen atoms in total. The summed E-state index contributed by atoms with van der Waals surface area (Å²) in [5.74, 6) is -0.958. The maximum atomic E-state index is 18.0. The molecular formula is C40H46F3IrN2O3Sb-. The number of hydrogen-bond donors (Lipinski definition) is 1. The number of benzene rings is 4. The van der Waals surface area contributed by atoms with Gasteiger partial charge in [-0.15, -0.1) is 0 Å². The fourth-order valence-electron chi connectivity index (χ4n) is 6.04. The molecule has 0 saturated heterocycles. The van der Waals surface area contributed by atoms with E-state index in [-0.39, 0.29) is 20.1 Å². The van der Waals surface area contributed by atoms with Gasteiger partial charge in [0.05, 0.1) is 0 Å². The normalized spacial score (nSPS) is 13.1.